The number of anilines is 4. The van der Waals surface area contributed by atoms with E-state index in [2.05, 4.69) is 39.0 Å². The molecule has 8 rings (SSSR count). The Labute approximate surface area is 326 Å². The van der Waals surface area contributed by atoms with Gasteiger partial charge in [0.05, 0.1) is 11.4 Å². The molecule has 2 N–H and O–H groups in total. The number of halogens is 3. The van der Waals surface area contributed by atoms with E-state index in [4.69, 9.17) is 14.6 Å². The molecule has 2 amide bonds. The second kappa shape index (κ2) is 17.4. The van der Waals surface area contributed by atoms with Gasteiger partial charge in [-0.25, -0.2) is 13.6 Å². The molecule has 0 bridgehead atoms. The predicted octanol–water partition coefficient (Wildman–Crippen LogP) is 4.81. The molecule has 2 unspecified atom stereocenters. The lowest BCUT2D eigenvalue weighted by Crippen LogP contribution is -2.45. The van der Waals surface area contributed by atoms with Gasteiger partial charge in [-0.2, -0.15) is 0 Å². The fourth-order valence-corrected chi connectivity index (χ4v) is 7.68. The molecule has 15 heteroatoms. The summed E-state index contributed by atoms with van der Waals surface area (Å²) in [5, 5.41) is 12.1. The van der Waals surface area contributed by atoms with Gasteiger partial charge in [0.2, 0.25) is 5.91 Å². The van der Waals surface area contributed by atoms with Gasteiger partial charge in [0.25, 0.3) is 5.91 Å². The third-order valence-electron chi connectivity index (χ3n) is 10.9. The largest absolute Gasteiger partial charge is 0.479 e. The van der Waals surface area contributed by atoms with E-state index in [-0.39, 0.29) is 35.9 Å². The average Bonchev–Trinajstić information content (AvgIpc) is 3.60. The van der Waals surface area contributed by atoms with E-state index < -0.39 is 18.2 Å². The van der Waals surface area contributed by atoms with E-state index in [1.54, 1.807) is 17.0 Å². The quantitative estimate of drug-likeness (QED) is 0.361. The molecule has 55 heavy (non-hydrogen) atoms. The number of carbonyl (C=O) groups excluding carboxylic acids is 2. The maximum absolute atomic E-state index is 14.3. The molecule has 0 aromatic heterocycles. The fraction of sp³-hybridized carbons (Fsp3) is 0.475. The number of amides is 2. The number of carbonyl (C=O) groups is 3. The number of piperazine rings is 2. The molecule has 0 saturated carbocycles. The highest BCUT2D eigenvalue weighted by Gasteiger charge is 2.32. The van der Waals surface area contributed by atoms with Crippen LogP contribution < -0.4 is 29.5 Å². The van der Waals surface area contributed by atoms with Gasteiger partial charge in [0.1, 0.15) is 23.1 Å². The monoisotopic (exact) mass is 782 g/mol. The van der Waals surface area contributed by atoms with Crippen molar-refractivity contribution in [1.82, 2.24) is 9.80 Å². The summed E-state index contributed by atoms with van der Waals surface area (Å²) in [6.45, 7) is 7.47. The molecule has 12 nitrogen and oxygen atoms in total. The number of carboxylic acid groups (broad SMARTS) is 1. The number of hydrogen-bond donors (Lipinski definition) is 2. The summed E-state index contributed by atoms with van der Waals surface area (Å²) >= 11 is 0. The van der Waals surface area contributed by atoms with Crippen molar-refractivity contribution in [2.75, 3.05) is 93.0 Å². The second-order valence-corrected chi connectivity index (χ2v) is 14.7. The highest BCUT2D eigenvalue weighted by molar-refractivity contribution is 5.97. The first-order valence-corrected chi connectivity index (χ1v) is 18.8. The first-order chi connectivity index (χ1) is 26.0. The third-order valence-corrected chi connectivity index (χ3v) is 10.9. The van der Waals surface area contributed by atoms with Crippen LogP contribution >= 0.6 is 12.4 Å². The standard InChI is InChI=1S/C25H29FN4O3.C15H19FN2O3.ClH/c1-28-11-13-29(14-12-28)21-16-18(26)15-17-4-9-22(33-24(17)21)25(32)27-19-5-7-20(8-6-19)30-10-2-3-23(30)31;1-17-4-6-18(7-5-17)12-9-11(16)8-10-2-3-13(15(19)20)21-14(10)12;/h5-8,15-16,22H,2-4,9-14H2,1H3,(H,27,32);8-9,13H,2-7H2,1H3,(H,19,20);1H. The highest BCUT2D eigenvalue weighted by atomic mass is 35.5. The van der Waals surface area contributed by atoms with E-state index in [1.807, 2.05) is 12.1 Å². The van der Waals surface area contributed by atoms with Crippen molar-refractivity contribution < 1.29 is 37.7 Å². The van der Waals surface area contributed by atoms with E-state index in [1.165, 1.54) is 24.3 Å². The Morgan fingerprint density at radius 2 is 1.20 bits per heavy atom. The molecule has 3 fully saturated rings. The van der Waals surface area contributed by atoms with Gasteiger partial charge >= 0.3 is 5.97 Å². The van der Waals surface area contributed by atoms with Gasteiger partial charge < -0.3 is 44.4 Å². The zero-order valence-corrected chi connectivity index (χ0v) is 32.1. The topological polar surface area (TPSA) is 118 Å². The van der Waals surface area contributed by atoms with Crippen LogP contribution in [0.25, 0.3) is 0 Å². The van der Waals surface area contributed by atoms with Gasteiger partial charge in [-0.3, -0.25) is 9.59 Å². The van der Waals surface area contributed by atoms with E-state index in [0.29, 0.717) is 55.0 Å². The minimum absolute atomic E-state index is 0. The van der Waals surface area contributed by atoms with Crippen LogP contribution in [0.4, 0.5) is 31.5 Å². The minimum atomic E-state index is -0.964. The summed E-state index contributed by atoms with van der Waals surface area (Å²) in [4.78, 5) is 46.5. The van der Waals surface area contributed by atoms with Crippen LogP contribution in [-0.2, 0) is 27.2 Å². The van der Waals surface area contributed by atoms with E-state index in [9.17, 15) is 23.2 Å². The molecule has 296 valence electrons. The number of aryl methyl sites for hydroxylation is 2. The van der Waals surface area contributed by atoms with Crippen molar-refractivity contribution in [1.29, 1.82) is 0 Å². The number of ether oxygens (including phenoxy) is 2. The Balaban J connectivity index is 0.000000202. The number of likely N-dealkylation sites (N-methyl/N-ethyl adjacent to an activating group) is 2. The molecule has 3 aromatic carbocycles. The van der Waals surface area contributed by atoms with Crippen molar-refractivity contribution in [2.24, 2.45) is 0 Å². The van der Waals surface area contributed by atoms with Crippen LogP contribution in [0, 0.1) is 11.6 Å². The average molecular weight is 783 g/mol. The Morgan fingerprint density at radius 1 is 0.709 bits per heavy atom. The Morgan fingerprint density at radius 3 is 1.67 bits per heavy atom. The maximum atomic E-state index is 14.3. The number of hydrogen-bond acceptors (Lipinski definition) is 9. The van der Waals surface area contributed by atoms with Crippen LogP contribution in [0.3, 0.4) is 0 Å². The molecular weight excluding hydrogens is 734 g/mol. The predicted molar refractivity (Wildman–Crippen MR) is 209 cm³/mol. The number of nitrogens with one attached hydrogen (secondary N) is 1. The molecule has 2 atom stereocenters. The minimum Gasteiger partial charge on any atom is -0.479 e. The van der Waals surface area contributed by atoms with Gasteiger partial charge in [-0.1, -0.05) is 0 Å². The van der Waals surface area contributed by atoms with Crippen LogP contribution in [0.15, 0.2) is 48.5 Å². The summed E-state index contributed by atoms with van der Waals surface area (Å²) in [7, 11) is 4.13. The maximum Gasteiger partial charge on any atom is 0.344 e. The summed E-state index contributed by atoms with van der Waals surface area (Å²) in [5.74, 6) is -0.456. The zero-order chi connectivity index (χ0) is 37.9. The lowest BCUT2D eigenvalue weighted by molar-refractivity contribution is -0.145. The first-order valence-electron chi connectivity index (χ1n) is 18.8. The Kier molecular flexibility index (Phi) is 12.7. The van der Waals surface area contributed by atoms with Gasteiger partial charge in [0.15, 0.2) is 12.2 Å². The SMILES string of the molecule is CN1CCN(c2cc(F)cc3c2OC(C(=O)Nc2ccc(N4CCCC4=O)cc2)CC3)CC1.CN1CCN(c2cc(F)cc3c2OC(C(=O)O)CC3)CC1.Cl. The Hall–Kier alpha value is -4.66. The van der Waals surface area contributed by atoms with Crippen molar-refractivity contribution >= 4 is 52.9 Å². The number of benzene rings is 3. The van der Waals surface area contributed by atoms with Crippen molar-refractivity contribution in [3.63, 3.8) is 0 Å². The van der Waals surface area contributed by atoms with E-state index in [0.717, 1.165) is 87.8 Å². The van der Waals surface area contributed by atoms with Gasteiger partial charge in [-0.15, -0.1) is 12.4 Å². The molecule has 3 saturated heterocycles. The Bertz CT molecular complexity index is 1870. The molecule has 5 aliphatic heterocycles. The molecular formula is C40H49ClF2N6O6. The lowest BCUT2D eigenvalue weighted by Gasteiger charge is -2.37. The summed E-state index contributed by atoms with van der Waals surface area (Å²) in [6.07, 6.45) is 1.96. The van der Waals surface area contributed by atoms with Crippen molar-refractivity contribution in [3.8, 4) is 11.5 Å². The molecule has 0 radical (unpaired) electrons. The first kappa shape index (κ1) is 40.0. The second-order valence-electron chi connectivity index (χ2n) is 14.7. The number of rotatable bonds is 6. The zero-order valence-electron chi connectivity index (χ0n) is 31.3. The smallest absolute Gasteiger partial charge is 0.344 e. The molecule has 0 aliphatic carbocycles. The van der Waals surface area contributed by atoms with E-state index >= 15 is 0 Å². The van der Waals surface area contributed by atoms with Gasteiger partial charge in [-0.05, 0) is 93.7 Å². The summed E-state index contributed by atoms with van der Waals surface area (Å²) in [5.41, 5.74) is 4.49. The molecule has 0 spiro atoms. The van der Waals surface area contributed by atoms with Crippen LogP contribution in [-0.4, -0.2) is 118 Å². The summed E-state index contributed by atoms with van der Waals surface area (Å²) < 4.78 is 39.9. The molecule has 5 heterocycles. The number of nitrogens with zero attached hydrogens (tertiary/aromatic N) is 5. The molecule has 5 aliphatic rings. The highest BCUT2D eigenvalue weighted by Crippen LogP contribution is 2.40. The van der Waals surface area contributed by atoms with Crippen LogP contribution in [0.1, 0.15) is 36.8 Å². The summed E-state index contributed by atoms with van der Waals surface area (Å²) in [6, 6.07) is 13.3. The van der Waals surface area contributed by atoms with Gasteiger partial charge in [0, 0.05) is 88.8 Å². The van der Waals surface area contributed by atoms with Crippen molar-refractivity contribution in [2.45, 2.75) is 50.7 Å². The number of fused-ring (bicyclic) bond motifs is 2. The normalized spacial score (nSPS) is 21.2. The fourth-order valence-electron chi connectivity index (χ4n) is 7.68. The molecule has 3 aromatic rings. The number of aliphatic carboxylic acids is 1. The third kappa shape index (κ3) is 9.25. The number of carboxylic acids is 1. The van der Waals surface area contributed by atoms with Crippen LogP contribution in [0.2, 0.25) is 0 Å². The van der Waals surface area contributed by atoms with Crippen molar-refractivity contribution in [3.05, 3.63) is 71.3 Å². The lowest BCUT2D eigenvalue weighted by atomic mass is 9.99. The van der Waals surface area contributed by atoms with Crippen LogP contribution in [0.5, 0.6) is 11.5 Å².